The Morgan fingerprint density at radius 3 is 2.78 bits per heavy atom. The van der Waals surface area contributed by atoms with Crippen molar-refractivity contribution in [2.75, 3.05) is 13.1 Å². The molecule has 27 heavy (non-hydrogen) atoms. The Morgan fingerprint density at radius 1 is 1.07 bits per heavy atom. The number of hydrogen-bond donors (Lipinski definition) is 1. The van der Waals surface area contributed by atoms with Gasteiger partial charge >= 0.3 is 0 Å². The van der Waals surface area contributed by atoms with Crippen molar-refractivity contribution in [3.8, 4) is 5.75 Å². The number of fused-ring (bicyclic) bond motifs is 2. The first kappa shape index (κ1) is 16.3. The summed E-state index contributed by atoms with van der Waals surface area (Å²) >= 11 is 0. The van der Waals surface area contributed by atoms with E-state index in [4.69, 9.17) is 4.42 Å². The van der Waals surface area contributed by atoms with E-state index >= 15 is 0 Å². The highest BCUT2D eigenvalue weighted by Crippen LogP contribution is 2.33. The third-order valence-electron chi connectivity index (χ3n) is 5.54. The largest absolute Gasteiger partial charge is 0.508 e. The second-order valence-electron chi connectivity index (χ2n) is 7.23. The number of aromatic hydroxyl groups is 1. The molecule has 0 spiro atoms. The highest BCUT2D eigenvalue weighted by molar-refractivity contribution is 5.86. The van der Waals surface area contributed by atoms with Crippen LogP contribution < -0.4 is 0 Å². The molecule has 0 aliphatic carbocycles. The van der Waals surface area contributed by atoms with E-state index in [-0.39, 0.29) is 0 Å². The summed E-state index contributed by atoms with van der Waals surface area (Å²) in [5.74, 6) is 1.56. The maximum Gasteiger partial charge on any atom is 0.198 e. The first-order chi connectivity index (χ1) is 13.3. The lowest BCUT2D eigenvalue weighted by Gasteiger charge is -2.31. The molecule has 1 aliphatic heterocycles. The first-order valence-corrected chi connectivity index (χ1v) is 9.40. The molecule has 2 aromatic heterocycles. The molecule has 0 atom stereocenters. The predicted molar refractivity (Wildman–Crippen MR) is 105 cm³/mol. The summed E-state index contributed by atoms with van der Waals surface area (Å²) in [6.45, 7) is 2.65. The number of piperidine rings is 1. The lowest BCUT2D eigenvalue weighted by molar-refractivity contribution is 0.193. The number of hydrogen-bond acceptors (Lipinski definition) is 5. The molecule has 2 aromatic carbocycles. The van der Waals surface area contributed by atoms with Crippen molar-refractivity contribution in [3.05, 3.63) is 66.3 Å². The van der Waals surface area contributed by atoms with Gasteiger partial charge < -0.3 is 9.52 Å². The molecular weight excluding hydrogens is 338 g/mol. The highest BCUT2D eigenvalue weighted by atomic mass is 16.3. The summed E-state index contributed by atoms with van der Waals surface area (Å²) in [6, 6.07) is 13.6. The second-order valence-corrected chi connectivity index (χ2v) is 7.23. The van der Waals surface area contributed by atoms with Crippen LogP contribution >= 0.6 is 0 Å². The number of phenolic OH excluding ortho intramolecular Hbond substituents is 1. The van der Waals surface area contributed by atoms with Crippen LogP contribution in [0.3, 0.4) is 0 Å². The Bertz CT molecular complexity index is 1060. The quantitative estimate of drug-likeness (QED) is 0.585. The summed E-state index contributed by atoms with van der Waals surface area (Å²) in [5.41, 5.74) is 2.76. The number of rotatable bonds is 3. The molecule has 1 fully saturated rings. The van der Waals surface area contributed by atoms with Crippen molar-refractivity contribution < 1.29 is 9.52 Å². The number of pyridine rings is 1. The second kappa shape index (κ2) is 6.67. The highest BCUT2D eigenvalue weighted by Gasteiger charge is 2.25. The minimum atomic E-state index is 0.344. The third kappa shape index (κ3) is 3.04. The predicted octanol–water partition coefficient (Wildman–Crippen LogP) is 4.46. The van der Waals surface area contributed by atoms with E-state index < -0.39 is 0 Å². The SMILES string of the molecule is Oc1ccc2ccncc2c1CN1CCC(c2nc3ccccc3o2)CC1. The standard InChI is InChI=1S/C22H21N3O2/c26-20-6-5-15-7-10-23-13-17(15)18(20)14-25-11-8-16(9-12-25)22-24-19-3-1-2-4-21(19)27-22/h1-7,10,13,16,26H,8-9,11-12,14H2. The summed E-state index contributed by atoms with van der Waals surface area (Å²) in [6.07, 6.45) is 5.65. The Hall–Kier alpha value is -2.92. The van der Waals surface area contributed by atoms with Gasteiger partial charge in [0.1, 0.15) is 11.3 Å². The molecule has 136 valence electrons. The zero-order valence-corrected chi connectivity index (χ0v) is 15.0. The Labute approximate surface area is 157 Å². The van der Waals surface area contributed by atoms with Crippen LogP contribution in [0.25, 0.3) is 21.9 Å². The van der Waals surface area contributed by atoms with Gasteiger partial charge in [-0.3, -0.25) is 9.88 Å². The Kier molecular flexibility index (Phi) is 4.02. The maximum atomic E-state index is 10.4. The van der Waals surface area contributed by atoms with Crippen LogP contribution in [-0.4, -0.2) is 33.1 Å². The van der Waals surface area contributed by atoms with Crippen LogP contribution in [0.1, 0.15) is 30.2 Å². The first-order valence-electron chi connectivity index (χ1n) is 9.40. The van der Waals surface area contributed by atoms with Gasteiger partial charge in [0, 0.05) is 35.8 Å². The van der Waals surface area contributed by atoms with Gasteiger partial charge in [-0.2, -0.15) is 0 Å². The molecule has 0 bridgehead atoms. The summed E-state index contributed by atoms with van der Waals surface area (Å²) in [5, 5.41) is 12.5. The van der Waals surface area contributed by atoms with Crippen molar-refractivity contribution in [2.24, 2.45) is 0 Å². The fourth-order valence-corrected chi connectivity index (χ4v) is 4.00. The zero-order chi connectivity index (χ0) is 18.2. The molecule has 0 saturated carbocycles. The number of benzene rings is 2. The molecule has 0 unspecified atom stereocenters. The van der Waals surface area contributed by atoms with Crippen LogP contribution in [0.4, 0.5) is 0 Å². The van der Waals surface area contributed by atoms with E-state index in [1.165, 1.54) is 0 Å². The fourth-order valence-electron chi connectivity index (χ4n) is 4.00. The Morgan fingerprint density at radius 2 is 1.93 bits per heavy atom. The van der Waals surface area contributed by atoms with Crippen LogP contribution in [0.5, 0.6) is 5.75 Å². The molecule has 1 saturated heterocycles. The minimum Gasteiger partial charge on any atom is -0.508 e. The van der Waals surface area contributed by atoms with Crippen LogP contribution in [0, 0.1) is 0 Å². The molecule has 5 heteroatoms. The Balaban J connectivity index is 1.32. The van der Waals surface area contributed by atoms with Crippen LogP contribution in [-0.2, 0) is 6.54 Å². The zero-order valence-electron chi connectivity index (χ0n) is 15.0. The molecule has 4 aromatic rings. The molecule has 0 radical (unpaired) electrons. The van der Waals surface area contributed by atoms with Gasteiger partial charge in [-0.25, -0.2) is 4.98 Å². The van der Waals surface area contributed by atoms with Gasteiger partial charge in [0.05, 0.1) is 0 Å². The van der Waals surface area contributed by atoms with Crippen LogP contribution in [0.15, 0.2) is 59.3 Å². The number of likely N-dealkylation sites (tertiary alicyclic amines) is 1. The minimum absolute atomic E-state index is 0.344. The van der Waals surface area contributed by atoms with Crippen molar-refractivity contribution in [1.29, 1.82) is 0 Å². The molecule has 3 heterocycles. The average Bonchev–Trinajstić information content (AvgIpc) is 3.15. The maximum absolute atomic E-state index is 10.4. The molecule has 5 rings (SSSR count). The number of oxazole rings is 1. The normalized spacial score (nSPS) is 16.3. The van der Waals surface area contributed by atoms with Gasteiger partial charge in [0.15, 0.2) is 11.5 Å². The van der Waals surface area contributed by atoms with Crippen molar-refractivity contribution >= 4 is 21.9 Å². The molecule has 1 aliphatic rings. The van der Waals surface area contributed by atoms with Crippen LogP contribution in [0.2, 0.25) is 0 Å². The summed E-state index contributed by atoms with van der Waals surface area (Å²) < 4.78 is 5.96. The molecule has 1 N–H and O–H groups in total. The van der Waals surface area contributed by atoms with E-state index in [1.807, 2.05) is 42.6 Å². The van der Waals surface area contributed by atoms with Gasteiger partial charge in [-0.1, -0.05) is 18.2 Å². The topological polar surface area (TPSA) is 62.4 Å². The fraction of sp³-hybridized carbons (Fsp3) is 0.273. The number of para-hydroxylation sites is 2. The van der Waals surface area contributed by atoms with Crippen molar-refractivity contribution in [1.82, 2.24) is 14.9 Å². The third-order valence-corrected chi connectivity index (χ3v) is 5.54. The van der Waals surface area contributed by atoms with Crippen molar-refractivity contribution in [2.45, 2.75) is 25.3 Å². The van der Waals surface area contributed by atoms with Gasteiger partial charge in [-0.15, -0.1) is 0 Å². The van der Waals surface area contributed by atoms with Gasteiger partial charge in [0.2, 0.25) is 0 Å². The van der Waals surface area contributed by atoms with E-state index in [0.717, 1.165) is 65.8 Å². The average molecular weight is 359 g/mol. The lowest BCUT2D eigenvalue weighted by atomic mass is 9.96. The van der Waals surface area contributed by atoms with Gasteiger partial charge in [0.25, 0.3) is 0 Å². The number of aromatic nitrogens is 2. The van der Waals surface area contributed by atoms with E-state index in [9.17, 15) is 5.11 Å². The molecular formula is C22H21N3O2. The van der Waals surface area contributed by atoms with E-state index in [1.54, 1.807) is 12.3 Å². The molecule has 5 nitrogen and oxygen atoms in total. The van der Waals surface area contributed by atoms with E-state index in [0.29, 0.717) is 11.7 Å². The smallest absolute Gasteiger partial charge is 0.198 e. The number of phenols is 1. The van der Waals surface area contributed by atoms with E-state index in [2.05, 4.69) is 14.9 Å². The lowest BCUT2D eigenvalue weighted by Crippen LogP contribution is -2.32. The monoisotopic (exact) mass is 359 g/mol. The van der Waals surface area contributed by atoms with Crippen molar-refractivity contribution in [3.63, 3.8) is 0 Å². The number of nitrogens with zero attached hydrogens (tertiary/aromatic N) is 3. The molecule has 0 amide bonds. The van der Waals surface area contributed by atoms with Gasteiger partial charge in [-0.05, 0) is 55.6 Å². The summed E-state index contributed by atoms with van der Waals surface area (Å²) in [4.78, 5) is 11.3. The summed E-state index contributed by atoms with van der Waals surface area (Å²) in [7, 11) is 0.